The molecule has 29 heavy (non-hydrogen) atoms. The second-order valence-corrected chi connectivity index (χ2v) is 9.60. The van der Waals surface area contributed by atoms with Gasteiger partial charge >= 0.3 is 5.97 Å². The molecule has 1 fully saturated rings. The maximum Gasteiger partial charge on any atom is 0.331 e. The van der Waals surface area contributed by atoms with Gasteiger partial charge in [0.2, 0.25) is 0 Å². The molecular formula is C24H25BrClNO2. The first-order chi connectivity index (χ1) is 13.8. The van der Waals surface area contributed by atoms with Crippen LogP contribution in [0.15, 0.2) is 40.9 Å². The zero-order valence-electron chi connectivity index (χ0n) is 16.9. The Morgan fingerprint density at radius 2 is 1.79 bits per heavy atom. The number of hydrogen-bond acceptors (Lipinski definition) is 3. The van der Waals surface area contributed by atoms with Gasteiger partial charge in [0.1, 0.15) is 5.54 Å². The molecule has 0 radical (unpaired) electrons. The summed E-state index contributed by atoms with van der Waals surface area (Å²) in [7, 11) is 1.46. The zero-order valence-corrected chi connectivity index (χ0v) is 19.3. The number of rotatable bonds is 3. The molecule has 5 heteroatoms. The second kappa shape index (κ2) is 7.48. The summed E-state index contributed by atoms with van der Waals surface area (Å²) >= 11 is 10.0. The lowest BCUT2D eigenvalue weighted by atomic mass is 9.65. The third-order valence-electron chi connectivity index (χ3n) is 6.66. The molecule has 3 nitrogen and oxygen atoms in total. The number of carbonyl (C=O) groups is 1. The molecule has 0 aromatic heterocycles. The van der Waals surface area contributed by atoms with Gasteiger partial charge in [-0.3, -0.25) is 0 Å². The van der Waals surface area contributed by atoms with Gasteiger partial charge < -0.3 is 10.1 Å². The number of aryl methyl sites for hydroxylation is 2. The van der Waals surface area contributed by atoms with E-state index in [-0.39, 0.29) is 11.4 Å². The van der Waals surface area contributed by atoms with Gasteiger partial charge in [0.25, 0.3) is 0 Å². The molecule has 152 valence electrons. The standard InChI is InChI=1S/C24H25BrClNO2/c1-15-11-17-13-21(25)23(20(17)12-16(15)2)7-9-24(10-8-23,22(28)29-3)27-19-6-4-5-18(26)14-19/h4-6,11-14,27H,7-10H2,1-3H3. The largest absolute Gasteiger partial charge is 0.467 e. The monoisotopic (exact) mass is 473 g/mol. The highest BCUT2D eigenvalue weighted by molar-refractivity contribution is 9.11. The number of methoxy groups -OCH3 is 1. The summed E-state index contributed by atoms with van der Waals surface area (Å²) in [6.45, 7) is 4.32. The van der Waals surface area contributed by atoms with Crippen molar-refractivity contribution in [1.29, 1.82) is 0 Å². The molecule has 4 rings (SSSR count). The summed E-state index contributed by atoms with van der Waals surface area (Å²) < 4.78 is 6.43. The first-order valence-electron chi connectivity index (χ1n) is 9.91. The Hall–Kier alpha value is -1.78. The first-order valence-corrected chi connectivity index (χ1v) is 11.1. The number of esters is 1. The van der Waals surface area contributed by atoms with Crippen LogP contribution in [0.5, 0.6) is 0 Å². The Kier molecular flexibility index (Phi) is 5.28. The summed E-state index contributed by atoms with van der Waals surface area (Å²) in [6, 6.07) is 12.1. The van der Waals surface area contributed by atoms with E-state index in [0.717, 1.165) is 18.5 Å². The molecule has 1 N–H and O–H groups in total. The van der Waals surface area contributed by atoms with Gasteiger partial charge in [-0.05, 0) is 86.1 Å². The fourth-order valence-electron chi connectivity index (χ4n) is 4.81. The van der Waals surface area contributed by atoms with Crippen molar-refractivity contribution in [3.8, 4) is 0 Å². The minimum absolute atomic E-state index is 0.0681. The molecule has 0 heterocycles. The number of hydrogen-bond donors (Lipinski definition) is 1. The fourth-order valence-corrected chi connectivity index (χ4v) is 5.85. The van der Waals surface area contributed by atoms with Gasteiger partial charge in [0, 0.05) is 20.6 Å². The maximum absolute atomic E-state index is 12.9. The van der Waals surface area contributed by atoms with Crippen LogP contribution in [-0.2, 0) is 14.9 Å². The molecule has 0 atom stereocenters. The number of ether oxygens (including phenoxy) is 1. The summed E-state index contributed by atoms with van der Waals surface area (Å²) in [5, 5.41) is 4.10. The molecule has 0 amide bonds. The van der Waals surface area contributed by atoms with Gasteiger partial charge in [0.15, 0.2) is 0 Å². The van der Waals surface area contributed by atoms with E-state index in [1.165, 1.54) is 33.8 Å². The van der Waals surface area contributed by atoms with E-state index in [1.54, 1.807) is 0 Å². The average Bonchev–Trinajstić information content (AvgIpc) is 2.94. The Bertz CT molecular complexity index is 1010. The predicted molar refractivity (Wildman–Crippen MR) is 123 cm³/mol. The van der Waals surface area contributed by atoms with E-state index in [1.807, 2.05) is 24.3 Å². The minimum atomic E-state index is -0.750. The average molecular weight is 475 g/mol. The quantitative estimate of drug-likeness (QED) is 0.513. The molecule has 2 aromatic rings. The lowest BCUT2D eigenvalue weighted by molar-refractivity contribution is -0.147. The molecule has 0 saturated heterocycles. The minimum Gasteiger partial charge on any atom is -0.467 e. The molecule has 0 bridgehead atoms. The number of anilines is 1. The summed E-state index contributed by atoms with van der Waals surface area (Å²) in [6.07, 6.45) is 5.34. The highest BCUT2D eigenvalue weighted by Gasteiger charge is 2.51. The number of nitrogens with one attached hydrogen (secondary N) is 1. The number of halogens is 2. The zero-order chi connectivity index (χ0) is 20.8. The molecular weight excluding hydrogens is 450 g/mol. The van der Waals surface area contributed by atoms with Gasteiger partial charge in [-0.1, -0.05) is 45.7 Å². The van der Waals surface area contributed by atoms with Gasteiger partial charge in [0.05, 0.1) is 7.11 Å². The molecule has 1 spiro atoms. The van der Waals surface area contributed by atoms with Crippen LogP contribution in [0.3, 0.4) is 0 Å². The van der Waals surface area contributed by atoms with E-state index in [0.29, 0.717) is 17.9 Å². The predicted octanol–water partition coefficient (Wildman–Crippen LogP) is 6.54. The van der Waals surface area contributed by atoms with Crippen LogP contribution in [-0.4, -0.2) is 18.6 Å². The topological polar surface area (TPSA) is 38.3 Å². The van der Waals surface area contributed by atoms with Gasteiger partial charge in [-0.2, -0.15) is 0 Å². The van der Waals surface area contributed by atoms with E-state index >= 15 is 0 Å². The van der Waals surface area contributed by atoms with Crippen molar-refractivity contribution in [1.82, 2.24) is 0 Å². The van der Waals surface area contributed by atoms with E-state index < -0.39 is 5.54 Å². The van der Waals surface area contributed by atoms with Gasteiger partial charge in [-0.15, -0.1) is 0 Å². The van der Waals surface area contributed by atoms with Crippen molar-refractivity contribution in [3.05, 3.63) is 68.2 Å². The molecule has 0 aliphatic heterocycles. The van der Waals surface area contributed by atoms with Crippen molar-refractivity contribution in [2.45, 2.75) is 50.5 Å². The van der Waals surface area contributed by atoms with Crippen molar-refractivity contribution in [3.63, 3.8) is 0 Å². The fraction of sp³-hybridized carbons (Fsp3) is 0.375. The summed E-state index contributed by atoms with van der Waals surface area (Å²) in [5.74, 6) is -0.217. The molecule has 2 aliphatic rings. The number of benzene rings is 2. The lowest BCUT2D eigenvalue weighted by Gasteiger charge is -2.45. The smallest absolute Gasteiger partial charge is 0.331 e. The van der Waals surface area contributed by atoms with Crippen molar-refractivity contribution >= 4 is 45.3 Å². The van der Waals surface area contributed by atoms with Crippen LogP contribution in [0.25, 0.3) is 6.08 Å². The number of carbonyl (C=O) groups excluding carboxylic acids is 1. The maximum atomic E-state index is 12.9. The Morgan fingerprint density at radius 3 is 2.45 bits per heavy atom. The van der Waals surface area contributed by atoms with Crippen LogP contribution in [0.1, 0.15) is 47.9 Å². The van der Waals surface area contributed by atoms with Crippen LogP contribution in [0, 0.1) is 13.8 Å². The molecule has 0 unspecified atom stereocenters. The van der Waals surface area contributed by atoms with Crippen LogP contribution < -0.4 is 5.32 Å². The van der Waals surface area contributed by atoms with E-state index in [2.05, 4.69) is 53.3 Å². The SMILES string of the molecule is COC(=O)C1(Nc2cccc(Cl)c2)CCC2(CC1)C(Br)=Cc1cc(C)c(C)cc12. The molecule has 2 aliphatic carbocycles. The Labute approximate surface area is 185 Å². The van der Waals surface area contributed by atoms with Crippen LogP contribution in [0.4, 0.5) is 5.69 Å². The first kappa shape index (κ1) is 20.5. The normalized spacial score (nSPS) is 25.5. The second-order valence-electron chi connectivity index (χ2n) is 8.31. The van der Waals surface area contributed by atoms with Crippen molar-refractivity contribution < 1.29 is 9.53 Å². The highest BCUT2D eigenvalue weighted by Crippen LogP contribution is 2.55. The number of fused-ring (bicyclic) bond motifs is 2. The molecule has 1 saturated carbocycles. The molecule has 2 aromatic carbocycles. The Morgan fingerprint density at radius 1 is 1.10 bits per heavy atom. The van der Waals surface area contributed by atoms with Crippen LogP contribution >= 0.6 is 27.5 Å². The summed E-state index contributed by atoms with van der Waals surface area (Å²) in [4.78, 5) is 12.9. The summed E-state index contributed by atoms with van der Waals surface area (Å²) in [5.41, 5.74) is 5.29. The highest BCUT2D eigenvalue weighted by atomic mass is 79.9. The van der Waals surface area contributed by atoms with Crippen molar-refractivity contribution in [2.75, 3.05) is 12.4 Å². The lowest BCUT2D eigenvalue weighted by Crippen LogP contribution is -2.52. The van der Waals surface area contributed by atoms with Gasteiger partial charge in [-0.25, -0.2) is 4.79 Å². The van der Waals surface area contributed by atoms with Crippen LogP contribution in [0.2, 0.25) is 5.02 Å². The van der Waals surface area contributed by atoms with E-state index in [9.17, 15) is 4.79 Å². The van der Waals surface area contributed by atoms with E-state index in [4.69, 9.17) is 16.3 Å². The van der Waals surface area contributed by atoms with Crippen molar-refractivity contribution in [2.24, 2.45) is 0 Å². The number of allylic oxidation sites excluding steroid dienone is 1. The third-order valence-corrected chi connectivity index (χ3v) is 7.89. The third kappa shape index (κ3) is 3.40. The Balaban J connectivity index is 1.67.